The van der Waals surface area contributed by atoms with Crippen LogP contribution in [0, 0.1) is 28.9 Å². The summed E-state index contributed by atoms with van der Waals surface area (Å²) in [5, 5.41) is 8.74. The van der Waals surface area contributed by atoms with E-state index < -0.39 is 17.6 Å². The lowest BCUT2D eigenvalue weighted by Crippen LogP contribution is -2.17. The minimum Gasteiger partial charge on any atom is -0.462 e. The quantitative estimate of drug-likeness (QED) is 0.789. The van der Waals surface area contributed by atoms with Gasteiger partial charge < -0.3 is 4.74 Å². The van der Waals surface area contributed by atoms with Crippen molar-refractivity contribution in [2.45, 2.75) is 31.8 Å². The van der Waals surface area contributed by atoms with Crippen molar-refractivity contribution in [2.75, 3.05) is 0 Å². The van der Waals surface area contributed by atoms with E-state index in [1.54, 1.807) is 0 Å². The first-order chi connectivity index (χ1) is 9.08. The van der Waals surface area contributed by atoms with Crippen molar-refractivity contribution < 1.29 is 18.3 Å². The molecule has 100 valence electrons. The number of nitriles is 1. The van der Waals surface area contributed by atoms with Gasteiger partial charge in [-0.05, 0) is 30.5 Å². The first kappa shape index (κ1) is 13.5. The molecule has 1 fully saturated rings. The fourth-order valence-electron chi connectivity index (χ4n) is 2.21. The molecule has 0 saturated heterocycles. The van der Waals surface area contributed by atoms with Crippen LogP contribution in [0.2, 0.25) is 0 Å². The molecule has 0 N–H and O–H groups in total. The molecule has 3 nitrogen and oxygen atoms in total. The van der Waals surface area contributed by atoms with E-state index in [4.69, 9.17) is 10.00 Å². The summed E-state index contributed by atoms with van der Waals surface area (Å²) >= 11 is 0. The molecule has 0 unspecified atom stereocenters. The molecule has 1 aromatic carbocycles. The molecule has 0 aromatic heterocycles. The van der Waals surface area contributed by atoms with Crippen molar-refractivity contribution in [2.24, 2.45) is 5.92 Å². The Morgan fingerprint density at radius 1 is 1.37 bits per heavy atom. The molecule has 19 heavy (non-hydrogen) atoms. The highest BCUT2D eigenvalue weighted by molar-refractivity contribution is 5.72. The summed E-state index contributed by atoms with van der Waals surface area (Å²) in [4.78, 5) is 11.6. The summed E-state index contributed by atoms with van der Waals surface area (Å²) in [6.07, 6.45) is 1.65. The Hall–Kier alpha value is -1.96. The van der Waals surface area contributed by atoms with Crippen LogP contribution in [0.5, 0.6) is 0 Å². The van der Waals surface area contributed by atoms with Gasteiger partial charge in [-0.1, -0.05) is 6.07 Å². The zero-order valence-electron chi connectivity index (χ0n) is 10.2. The van der Waals surface area contributed by atoms with Gasteiger partial charge in [0, 0.05) is 12.3 Å². The van der Waals surface area contributed by atoms with Crippen LogP contribution in [0.3, 0.4) is 0 Å². The van der Waals surface area contributed by atoms with Gasteiger partial charge in [0.05, 0.1) is 12.5 Å². The van der Waals surface area contributed by atoms with E-state index in [1.807, 2.05) is 0 Å². The number of esters is 1. The Kier molecular flexibility index (Phi) is 4.10. The number of hydrogen-bond acceptors (Lipinski definition) is 3. The largest absolute Gasteiger partial charge is 0.462 e. The van der Waals surface area contributed by atoms with Crippen molar-refractivity contribution in [3.8, 4) is 6.07 Å². The first-order valence-electron chi connectivity index (χ1n) is 6.11. The third kappa shape index (κ3) is 3.50. The molecule has 1 aliphatic rings. The highest BCUT2D eigenvalue weighted by atomic mass is 19.2. The average Bonchev–Trinajstić information content (AvgIpc) is 2.81. The Bertz CT molecular complexity index is 525. The molecular formula is C14H13F2NO2. The molecule has 0 radical (unpaired) electrons. The predicted octanol–water partition coefficient (Wildman–Crippen LogP) is 2.74. The normalized spacial score (nSPS) is 21.9. The van der Waals surface area contributed by atoms with Crippen LogP contribution >= 0.6 is 0 Å². The summed E-state index contributed by atoms with van der Waals surface area (Å²) < 4.78 is 30.9. The number of ether oxygens (including phenoxy) is 1. The smallest absolute Gasteiger partial charge is 0.310 e. The van der Waals surface area contributed by atoms with E-state index in [-0.39, 0.29) is 18.4 Å². The van der Waals surface area contributed by atoms with E-state index in [2.05, 4.69) is 6.07 Å². The lowest BCUT2D eigenvalue weighted by Gasteiger charge is -2.11. The van der Waals surface area contributed by atoms with Crippen molar-refractivity contribution in [1.29, 1.82) is 5.26 Å². The second kappa shape index (κ2) is 5.79. The Balaban J connectivity index is 1.88. The fraction of sp³-hybridized carbons (Fsp3) is 0.429. The zero-order valence-corrected chi connectivity index (χ0v) is 10.2. The molecule has 5 heteroatoms. The Labute approximate surface area is 109 Å². The van der Waals surface area contributed by atoms with E-state index in [1.165, 1.54) is 6.07 Å². The summed E-state index contributed by atoms with van der Waals surface area (Å²) in [6.45, 7) is 0. The summed E-state index contributed by atoms with van der Waals surface area (Å²) in [7, 11) is 0. The molecular weight excluding hydrogens is 252 g/mol. The highest BCUT2D eigenvalue weighted by Crippen LogP contribution is 2.27. The van der Waals surface area contributed by atoms with Gasteiger partial charge in [-0.3, -0.25) is 4.79 Å². The molecule has 0 amide bonds. The number of nitrogens with zero attached hydrogens (tertiary/aromatic N) is 1. The summed E-state index contributed by atoms with van der Waals surface area (Å²) in [5.74, 6) is -2.45. The molecule has 1 aromatic rings. The van der Waals surface area contributed by atoms with E-state index in [0.717, 1.165) is 18.6 Å². The average molecular weight is 265 g/mol. The van der Waals surface area contributed by atoms with Crippen LogP contribution < -0.4 is 0 Å². The zero-order chi connectivity index (χ0) is 13.8. The van der Waals surface area contributed by atoms with Crippen molar-refractivity contribution in [3.63, 3.8) is 0 Å². The minimum atomic E-state index is -0.976. The maximum absolute atomic E-state index is 13.0. The van der Waals surface area contributed by atoms with Crippen molar-refractivity contribution in [3.05, 3.63) is 35.4 Å². The van der Waals surface area contributed by atoms with Gasteiger partial charge >= 0.3 is 5.97 Å². The van der Waals surface area contributed by atoms with Crippen molar-refractivity contribution in [1.82, 2.24) is 0 Å². The van der Waals surface area contributed by atoms with Gasteiger partial charge in [-0.15, -0.1) is 0 Å². The van der Waals surface area contributed by atoms with E-state index >= 15 is 0 Å². The number of hydrogen-bond donors (Lipinski definition) is 0. The van der Waals surface area contributed by atoms with Crippen molar-refractivity contribution >= 4 is 5.97 Å². The molecule has 2 rings (SSSR count). The highest BCUT2D eigenvalue weighted by Gasteiger charge is 2.27. The van der Waals surface area contributed by atoms with Crippen LogP contribution in [0.1, 0.15) is 24.8 Å². The molecule has 1 aliphatic carbocycles. The minimum absolute atomic E-state index is 0.0546. The molecule has 1 saturated carbocycles. The number of rotatable bonds is 3. The lowest BCUT2D eigenvalue weighted by molar-refractivity contribution is -0.147. The monoisotopic (exact) mass is 265 g/mol. The summed E-state index contributed by atoms with van der Waals surface area (Å²) in [5.41, 5.74) is 0.374. The maximum Gasteiger partial charge on any atom is 0.310 e. The fourth-order valence-corrected chi connectivity index (χ4v) is 2.21. The standard InChI is InChI=1S/C14H13F2NO2/c15-12-4-2-9(6-13(12)16)7-14(18)19-11-3-1-10(5-11)8-17/h2,4,6,10-11H,1,3,5,7H2/t10-,11+/m0/s1. The maximum atomic E-state index is 13.0. The van der Waals surface area contributed by atoms with Gasteiger partial charge in [0.25, 0.3) is 0 Å². The molecule has 0 heterocycles. The predicted molar refractivity (Wildman–Crippen MR) is 62.9 cm³/mol. The second-order valence-electron chi connectivity index (χ2n) is 4.68. The van der Waals surface area contributed by atoms with Crippen LogP contribution in [0.25, 0.3) is 0 Å². The third-order valence-corrected chi connectivity index (χ3v) is 3.20. The Morgan fingerprint density at radius 2 is 2.16 bits per heavy atom. The van der Waals surface area contributed by atoms with E-state index in [0.29, 0.717) is 18.4 Å². The number of carbonyl (C=O) groups excluding carboxylic acids is 1. The van der Waals surface area contributed by atoms with Gasteiger partial charge in [0.15, 0.2) is 11.6 Å². The number of carbonyl (C=O) groups is 1. The SMILES string of the molecule is N#C[C@H]1CC[C@@H](OC(=O)Cc2ccc(F)c(F)c2)C1. The first-order valence-corrected chi connectivity index (χ1v) is 6.11. The lowest BCUT2D eigenvalue weighted by atomic mass is 10.1. The number of halogens is 2. The van der Waals surface area contributed by atoms with Gasteiger partial charge in [-0.2, -0.15) is 5.26 Å². The summed E-state index contributed by atoms with van der Waals surface area (Å²) in [6, 6.07) is 5.48. The van der Waals surface area contributed by atoms with Gasteiger partial charge in [0.1, 0.15) is 6.10 Å². The van der Waals surface area contributed by atoms with Gasteiger partial charge in [-0.25, -0.2) is 8.78 Å². The van der Waals surface area contributed by atoms with Crippen LogP contribution in [0.4, 0.5) is 8.78 Å². The van der Waals surface area contributed by atoms with Crippen LogP contribution in [-0.4, -0.2) is 12.1 Å². The Morgan fingerprint density at radius 3 is 2.79 bits per heavy atom. The molecule has 0 bridgehead atoms. The molecule has 0 aliphatic heterocycles. The molecule has 0 spiro atoms. The third-order valence-electron chi connectivity index (χ3n) is 3.20. The number of benzene rings is 1. The topological polar surface area (TPSA) is 50.1 Å². The van der Waals surface area contributed by atoms with Crippen LogP contribution in [-0.2, 0) is 16.0 Å². The second-order valence-corrected chi connectivity index (χ2v) is 4.68. The van der Waals surface area contributed by atoms with Crippen LogP contribution in [0.15, 0.2) is 18.2 Å². The van der Waals surface area contributed by atoms with Gasteiger partial charge in [0.2, 0.25) is 0 Å². The molecule has 2 atom stereocenters. The van der Waals surface area contributed by atoms with E-state index in [9.17, 15) is 13.6 Å².